The molecule has 1 aliphatic heterocycles. The predicted molar refractivity (Wildman–Crippen MR) is 116 cm³/mol. The second kappa shape index (κ2) is 8.21. The van der Waals surface area contributed by atoms with Crippen molar-refractivity contribution in [2.75, 3.05) is 18.0 Å². The van der Waals surface area contributed by atoms with Gasteiger partial charge in [-0.15, -0.1) is 0 Å². The molecule has 2 aromatic rings. The van der Waals surface area contributed by atoms with Crippen LogP contribution in [0, 0.1) is 23.7 Å². The summed E-state index contributed by atoms with van der Waals surface area (Å²) < 4.78 is 0. The third kappa shape index (κ3) is 3.85. The van der Waals surface area contributed by atoms with Crippen LogP contribution in [0.1, 0.15) is 36.8 Å². The maximum atomic E-state index is 12.4. The van der Waals surface area contributed by atoms with Crippen molar-refractivity contribution in [1.82, 2.24) is 15.3 Å². The largest absolute Gasteiger partial charge is 0.352 e. The first-order valence-corrected chi connectivity index (χ1v) is 10.6. The highest BCUT2D eigenvalue weighted by atomic mass is 35.5. The topological polar surface area (TPSA) is 108 Å². The van der Waals surface area contributed by atoms with Gasteiger partial charge in [-0.05, 0) is 44.2 Å². The Labute approximate surface area is 181 Å². The third-order valence-electron chi connectivity index (χ3n) is 6.03. The number of hydrogen-bond acceptors (Lipinski definition) is 6. The van der Waals surface area contributed by atoms with E-state index in [2.05, 4.69) is 21.3 Å². The molecule has 0 radical (unpaired) electrons. The third-order valence-corrected chi connectivity index (χ3v) is 6.44. The molecule has 1 aromatic heterocycles. The van der Waals surface area contributed by atoms with Gasteiger partial charge in [0.15, 0.2) is 5.82 Å². The summed E-state index contributed by atoms with van der Waals surface area (Å²) in [5.41, 5.74) is 7.79. The average molecular weight is 425 g/mol. The first-order valence-electron chi connectivity index (χ1n) is 10.3. The summed E-state index contributed by atoms with van der Waals surface area (Å²) in [5.74, 6) is 1.15. The predicted octanol–water partition coefficient (Wildman–Crippen LogP) is 2.95. The number of benzene rings is 1. The molecule has 2 heterocycles. The van der Waals surface area contributed by atoms with E-state index in [0.29, 0.717) is 30.2 Å². The smallest absolute Gasteiger partial charge is 0.240 e. The number of carbonyl (C=O) groups excluding carboxylic acids is 1. The van der Waals surface area contributed by atoms with Crippen molar-refractivity contribution in [3.05, 3.63) is 40.5 Å². The van der Waals surface area contributed by atoms with E-state index in [1.54, 1.807) is 6.20 Å². The number of aryl methyl sites for hydroxylation is 1. The zero-order valence-electron chi connectivity index (χ0n) is 17.0. The zero-order valence-corrected chi connectivity index (χ0v) is 17.7. The highest BCUT2D eigenvalue weighted by molar-refractivity contribution is 6.31. The van der Waals surface area contributed by atoms with Crippen molar-refractivity contribution >= 4 is 23.3 Å². The van der Waals surface area contributed by atoms with Crippen LogP contribution in [0.4, 0.5) is 5.82 Å². The summed E-state index contributed by atoms with van der Waals surface area (Å²) in [5, 5.41) is 12.8. The van der Waals surface area contributed by atoms with Crippen LogP contribution < -0.4 is 16.0 Å². The van der Waals surface area contributed by atoms with Crippen molar-refractivity contribution in [2.24, 2.45) is 11.1 Å². The second-order valence-corrected chi connectivity index (χ2v) is 8.52. The van der Waals surface area contributed by atoms with Crippen molar-refractivity contribution in [3.8, 4) is 17.5 Å². The summed E-state index contributed by atoms with van der Waals surface area (Å²) in [7, 11) is 0. The molecule has 0 unspecified atom stereocenters. The molecule has 156 valence electrons. The Kier molecular flexibility index (Phi) is 5.63. The fourth-order valence-corrected chi connectivity index (χ4v) is 4.04. The number of nitrogens with two attached hydrogens (primary N) is 1. The van der Waals surface area contributed by atoms with E-state index in [1.807, 2.05) is 25.1 Å². The van der Waals surface area contributed by atoms with E-state index >= 15 is 0 Å². The van der Waals surface area contributed by atoms with Gasteiger partial charge in [-0.2, -0.15) is 5.26 Å². The van der Waals surface area contributed by atoms with Gasteiger partial charge in [-0.25, -0.2) is 9.97 Å². The monoisotopic (exact) mass is 424 g/mol. The van der Waals surface area contributed by atoms with Crippen molar-refractivity contribution in [1.29, 1.82) is 5.26 Å². The number of carbonyl (C=O) groups is 1. The molecule has 0 spiro atoms. The summed E-state index contributed by atoms with van der Waals surface area (Å²) >= 11 is 6.30. The van der Waals surface area contributed by atoms with Crippen LogP contribution in [0.3, 0.4) is 0 Å². The Balaban J connectivity index is 1.65. The maximum absolute atomic E-state index is 12.4. The van der Waals surface area contributed by atoms with Gasteiger partial charge in [0.25, 0.3) is 0 Å². The quantitative estimate of drug-likeness (QED) is 0.738. The fourth-order valence-electron chi connectivity index (χ4n) is 3.86. The van der Waals surface area contributed by atoms with Crippen LogP contribution in [0.25, 0.3) is 11.4 Å². The molecule has 1 aromatic carbocycles. The van der Waals surface area contributed by atoms with Crippen molar-refractivity contribution in [2.45, 2.75) is 45.2 Å². The Morgan fingerprint density at radius 1 is 1.47 bits per heavy atom. The molecule has 2 fully saturated rings. The van der Waals surface area contributed by atoms with Gasteiger partial charge in [0, 0.05) is 48.0 Å². The average Bonchev–Trinajstić information content (AvgIpc) is 3.43. The lowest BCUT2D eigenvalue weighted by Crippen LogP contribution is -2.37. The lowest BCUT2D eigenvalue weighted by molar-refractivity contribution is -0.124. The lowest BCUT2D eigenvalue weighted by Gasteiger charge is -2.27. The van der Waals surface area contributed by atoms with Crippen molar-refractivity contribution in [3.63, 3.8) is 0 Å². The summed E-state index contributed by atoms with van der Waals surface area (Å²) in [6.07, 6.45) is 5.04. The molecule has 1 saturated heterocycles. The normalized spacial score (nSPS) is 19.4. The van der Waals surface area contributed by atoms with Crippen LogP contribution in [0.15, 0.2) is 24.4 Å². The number of anilines is 1. The highest BCUT2D eigenvalue weighted by Gasteiger charge is 2.50. The number of nitrogens with one attached hydrogen (secondary N) is 1. The van der Waals surface area contributed by atoms with Crippen LogP contribution in [-0.4, -0.2) is 35.0 Å². The van der Waals surface area contributed by atoms with Gasteiger partial charge >= 0.3 is 0 Å². The first kappa shape index (κ1) is 20.6. The Morgan fingerprint density at radius 2 is 2.27 bits per heavy atom. The maximum Gasteiger partial charge on any atom is 0.240 e. The van der Waals surface area contributed by atoms with E-state index in [4.69, 9.17) is 22.3 Å². The van der Waals surface area contributed by atoms with E-state index < -0.39 is 5.41 Å². The molecule has 7 nitrogen and oxygen atoms in total. The molecule has 2 aliphatic rings. The minimum Gasteiger partial charge on any atom is -0.352 e. The van der Waals surface area contributed by atoms with Gasteiger partial charge in [-0.1, -0.05) is 23.7 Å². The number of hydrogen-bond donors (Lipinski definition) is 2. The Morgan fingerprint density at radius 3 is 2.93 bits per heavy atom. The van der Waals surface area contributed by atoms with Gasteiger partial charge in [0.05, 0.1) is 6.07 Å². The van der Waals surface area contributed by atoms with Gasteiger partial charge in [-0.3, -0.25) is 4.79 Å². The van der Waals surface area contributed by atoms with Crippen LogP contribution in [0.2, 0.25) is 5.02 Å². The summed E-state index contributed by atoms with van der Waals surface area (Å²) in [6.45, 7) is 3.63. The van der Waals surface area contributed by atoms with E-state index in [0.717, 1.165) is 41.9 Å². The number of aromatic nitrogens is 2. The molecule has 30 heavy (non-hydrogen) atoms. The second-order valence-electron chi connectivity index (χ2n) is 8.11. The van der Waals surface area contributed by atoms with Crippen LogP contribution in [0.5, 0.6) is 0 Å². The minimum atomic E-state index is -0.854. The molecular weight excluding hydrogens is 400 g/mol. The van der Waals surface area contributed by atoms with E-state index in [-0.39, 0.29) is 18.5 Å². The Hall–Kier alpha value is -2.69. The molecule has 4 rings (SSSR count). The SMILES string of the molecule is Cc1ccc(-c2ncc(CNC(=O)C3(C#N)CC3)c(N3CCC[C@H]3CN)n2)cc1Cl. The van der Waals surface area contributed by atoms with E-state index in [1.165, 1.54) is 0 Å². The van der Waals surface area contributed by atoms with Crippen LogP contribution >= 0.6 is 11.6 Å². The van der Waals surface area contributed by atoms with E-state index in [9.17, 15) is 10.1 Å². The highest BCUT2D eigenvalue weighted by Crippen LogP contribution is 2.45. The summed E-state index contributed by atoms with van der Waals surface area (Å²) in [4.78, 5) is 24.0. The summed E-state index contributed by atoms with van der Waals surface area (Å²) in [6, 6.07) is 8.11. The zero-order chi connectivity index (χ0) is 21.3. The van der Waals surface area contributed by atoms with Crippen molar-refractivity contribution < 1.29 is 4.79 Å². The standard InChI is InChI=1S/C22H25ClN6O/c1-14-4-5-15(9-18(14)23)19-26-11-16(12-27-21(30)22(13-25)6-7-22)20(28-19)29-8-2-3-17(29)10-24/h4-5,9,11,17H,2-3,6-8,10,12,24H2,1H3,(H,27,30)/t17-/m0/s1. The molecule has 1 saturated carbocycles. The molecular formula is C22H25ClN6O. The Bertz CT molecular complexity index is 1010. The molecule has 1 aliphatic carbocycles. The molecule has 8 heteroatoms. The van der Waals surface area contributed by atoms with Crippen LogP contribution in [-0.2, 0) is 11.3 Å². The molecule has 1 atom stereocenters. The fraction of sp³-hybridized carbons (Fsp3) is 0.455. The molecule has 0 bridgehead atoms. The minimum absolute atomic E-state index is 0.206. The van der Waals surface area contributed by atoms with Gasteiger partial charge < -0.3 is 16.0 Å². The molecule has 3 N–H and O–H groups in total. The number of nitriles is 1. The number of halogens is 1. The number of nitrogens with zero attached hydrogens (tertiary/aromatic N) is 4. The lowest BCUT2D eigenvalue weighted by atomic mass is 10.1. The first-order chi connectivity index (χ1) is 14.5. The van der Waals surface area contributed by atoms with Gasteiger partial charge in [0.1, 0.15) is 11.2 Å². The number of rotatable bonds is 6. The molecule has 1 amide bonds. The van der Waals surface area contributed by atoms with Gasteiger partial charge in [0.2, 0.25) is 5.91 Å². The number of amides is 1.